The van der Waals surface area contributed by atoms with Gasteiger partial charge in [-0.25, -0.2) is 9.97 Å². The molecule has 0 amide bonds. The van der Waals surface area contributed by atoms with Crippen LogP contribution in [-0.2, 0) is 0 Å². The SMILES string of the molecule is Cc1cc(-c2nc(Nc3cnn(C4CC4)c3)ncc2C)ccc1N(C)CC1(C#N)CC1. The quantitative estimate of drug-likeness (QED) is 0.600. The molecule has 7 heteroatoms. The fraction of sp³-hybridized carbons (Fsp3) is 0.417. The number of nitrogens with zero attached hydrogens (tertiary/aromatic N) is 6. The first kappa shape index (κ1) is 19.6. The van der Waals surface area contributed by atoms with Crippen LogP contribution < -0.4 is 10.2 Å². The molecule has 2 aliphatic rings. The molecule has 0 aliphatic heterocycles. The molecule has 2 saturated carbocycles. The molecule has 1 N–H and O–H groups in total. The van der Waals surface area contributed by atoms with Crippen LogP contribution in [-0.4, -0.2) is 33.3 Å². The standard InChI is InChI=1S/C24H27N7/c1-16-10-18(4-7-21(16)30(3)15-24(14-25)8-9-24)22-17(2)11-26-23(29-22)28-19-12-27-31(13-19)20-5-6-20/h4,7,10-13,20H,5-6,8-9,15H2,1-3H3,(H,26,28,29). The Hall–Kier alpha value is -3.40. The topological polar surface area (TPSA) is 82.7 Å². The summed E-state index contributed by atoms with van der Waals surface area (Å²) in [5.41, 5.74) is 6.09. The lowest BCUT2D eigenvalue weighted by Crippen LogP contribution is -2.26. The van der Waals surface area contributed by atoms with Crippen molar-refractivity contribution >= 4 is 17.3 Å². The largest absolute Gasteiger partial charge is 0.373 e. The second kappa shape index (κ2) is 7.38. The van der Waals surface area contributed by atoms with Crippen molar-refractivity contribution in [2.24, 2.45) is 5.41 Å². The highest BCUT2D eigenvalue weighted by molar-refractivity contribution is 5.69. The zero-order chi connectivity index (χ0) is 21.6. The third kappa shape index (κ3) is 3.98. The zero-order valence-corrected chi connectivity index (χ0v) is 18.3. The lowest BCUT2D eigenvalue weighted by atomic mass is 10.0. The summed E-state index contributed by atoms with van der Waals surface area (Å²) in [4.78, 5) is 11.4. The van der Waals surface area contributed by atoms with Crippen molar-refractivity contribution in [3.8, 4) is 17.3 Å². The molecular formula is C24H27N7. The van der Waals surface area contributed by atoms with E-state index >= 15 is 0 Å². The van der Waals surface area contributed by atoms with Gasteiger partial charge in [-0.1, -0.05) is 6.07 Å². The van der Waals surface area contributed by atoms with Crippen LogP contribution in [0.4, 0.5) is 17.3 Å². The van der Waals surface area contributed by atoms with E-state index in [0.717, 1.165) is 47.6 Å². The van der Waals surface area contributed by atoms with Crippen LogP contribution in [0, 0.1) is 30.6 Å². The maximum absolute atomic E-state index is 9.41. The van der Waals surface area contributed by atoms with Crippen molar-refractivity contribution in [3.63, 3.8) is 0 Å². The van der Waals surface area contributed by atoms with Crippen molar-refractivity contribution in [2.75, 3.05) is 23.8 Å². The van der Waals surface area contributed by atoms with Gasteiger partial charge in [0, 0.05) is 37.2 Å². The number of hydrogen-bond acceptors (Lipinski definition) is 6. The molecule has 2 aromatic heterocycles. The third-order valence-corrected chi connectivity index (χ3v) is 6.26. The minimum Gasteiger partial charge on any atom is -0.373 e. The third-order valence-electron chi connectivity index (χ3n) is 6.26. The van der Waals surface area contributed by atoms with E-state index < -0.39 is 0 Å². The molecule has 1 aromatic carbocycles. The summed E-state index contributed by atoms with van der Waals surface area (Å²) in [5.74, 6) is 0.569. The molecule has 5 rings (SSSR count). The smallest absolute Gasteiger partial charge is 0.227 e. The fourth-order valence-electron chi connectivity index (χ4n) is 4.09. The number of hydrogen-bond donors (Lipinski definition) is 1. The lowest BCUT2D eigenvalue weighted by molar-refractivity contribution is 0.642. The van der Waals surface area contributed by atoms with Gasteiger partial charge in [0.2, 0.25) is 5.95 Å². The predicted octanol–water partition coefficient (Wildman–Crippen LogP) is 4.78. The summed E-state index contributed by atoms with van der Waals surface area (Å²) in [6.07, 6.45) is 10.1. The molecule has 0 unspecified atom stereocenters. The molecule has 2 heterocycles. The molecule has 2 aliphatic carbocycles. The van der Waals surface area contributed by atoms with E-state index in [1.165, 1.54) is 18.4 Å². The van der Waals surface area contributed by atoms with Gasteiger partial charge in [-0.2, -0.15) is 10.4 Å². The Balaban J connectivity index is 1.37. The molecule has 0 saturated heterocycles. The average Bonchev–Trinajstić information content (AvgIpc) is 3.69. The molecule has 31 heavy (non-hydrogen) atoms. The molecule has 158 valence electrons. The molecule has 2 fully saturated rings. The van der Waals surface area contributed by atoms with Crippen LogP contribution in [0.3, 0.4) is 0 Å². The van der Waals surface area contributed by atoms with Crippen molar-refractivity contribution in [2.45, 2.75) is 45.6 Å². The first-order valence-corrected chi connectivity index (χ1v) is 10.8. The maximum atomic E-state index is 9.41. The van der Waals surface area contributed by atoms with Crippen molar-refractivity contribution in [1.82, 2.24) is 19.7 Å². The fourth-order valence-corrected chi connectivity index (χ4v) is 4.09. The van der Waals surface area contributed by atoms with Gasteiger partial charge in [0.1, 0.15) is 0 Å². The second-order valence-electron chi connectivity index (χ2n) is 9.04. The Labute approximate surface area is 182 Å². The van der Waals surface area contributed by atoms with Gasteiger partial charge in [0.25, 0.3) is 0 Å². The summed E-state index contributed by atoms with van der Waals surface area (Å²) in [6.45, 7) is 4.92. The van der Waals surface area contributed by atoms with E-state index in [1.807, 2.05) is 30.2 Å². The minimum absolute atomic E-state index is 0.156. The predicted molar refractivity (Wildman–Crippen MR) is 121 cm³/mol. The molecule has 0 spiro atoms. The number of anilines is 3. The first-order valence-electron chi connectivity index (χ1n) is 10.8. The van der Waals surface area contributed by atoms with E-state index in [4.69, 9.17) is 4.98 Å². The highest BCUT2D eigenvalue weighted by atomic mass is 15.3. The number of aryl methyl sites for hydroxylation is 2. The van der Waals surface area contributed by atoms with Gasteiger partial charge in [0.05, 0.1) is 35.1 Å². The molecule has 0 bridgehead atoms. The van der Waals surface area contributed by atoms with Crippen LogP contribution in [0.2, 0.25) is 0 Å². The first-order chi connectivity index (χ1) is 15.0. The average molecular weight is 414 g/mol. The highest BCUT2D eigenvalue weighted by Crippen LogP contribution is 2.46. The number of aromatic nitrogens is 4. The normalized spacial score (nSPS) is 16.6. The van der Waals surface area contributed by atoms with Gasteiger partial charge < -0.3 is 10.2 Å². The van der Waals surface area contributed by atoms with E-state index in [9.17, 15) is 5.26 Å². The van der Waals surface area contributed by atoms with Gasteiger partial charge in [-0.05, 0) is 62.8 Å². The Kier molecular flexibility index (Phi) is 4.66. The van der Waals surface area contributed by atoms with E-state index in [0.29, 0.717) is 12.0 Å². The van der Waals surface area contributed by atoms with E-state index in [-0.39, 0.29) is 5.41 Å². The van der Waals surface area contributed by atoms with Crippen molar-refractivity contribution in [3.05, 3.63) is 47.9 Å². The van der Waals surface area contributed by atoms with E-state index in [2.05, 4.69) is 58.5 Å². The molecule has 0 atom stereocenters. The highest BCUT2D eigenvalue weighted by Gasteiger charge is 2.44. The monoisotopic (exact) mass is 413 g/mol. The Morgan fingerprint density at radius 2 is 2.03 bits per heavy atom. The summed E-state index contributed by atoms with van der Waals surface area (Å²) in [5, 5.41) is 17.1. The molecular weight excluding hydrogens is 386 g/mol. The van der Waals surface area contributed by atoms with Crippen LogP contribution in [0.15, 0.2) is 36.8 Å². The van der Waals surface area contributed by atoms with Gasteiger partial charge in [-0.15, -0.1) is 0 Å². The molecule has 7 nitrogen and oxygen atoms in total. The Morgan fingerprint density at radius 3 is 2.71 bits per heavy atom. The lowest BCUT2D eigenvalue weighted by Gasteiger charge is -2.24. The van der Waals surface area contributed by atoms with Gasteiger partial charge in [-0.3, -0.25) is 4.68 Å². The summed E-state index contributed by atoms with van der Waals surface area (Å²) >= 11 is 0. The Bertz CT molecular complexity index is 1160. The van der Waals surface area contributed by atoms with Crippen LogP contribution in [0.25, 0.3) is 11.3 Å². The minimum atomic E-state index is -0.156. The number of benzene rings is 1. The van der Waals surface area contributed by atoms with Gasteiger partial charge >= 0.3 is 0 Å². The van der Waals surface area contributed by atoms with Crippen molar-refractivity contribution in [1.29, 1.82) is 5.26 Å². The van der Waals surface area contributed by atoms with Crippen molar-refractivity contribution < 1.29 is 0 Å². The van der Waals surface area contributed by atoms with Gasteiger partial charge in [0.15, 0.2) is 0 Å². The zero-order valence-electron chi connectivity index (χ0n) is 18.3. The second-order valence-corrected chi connectivity index (χ2v) is 9.04. The molecule has 3 aromatic rings. The number of nitrogens with one attached hydrogen (secondary N) is 1. The van der Waals surface area contributed by atoms with Crippen LogP contribution in [0.1, 0.15) is 42.9 Å². The van der Waals surface area contributed by atoms with Crippen LogP contribution >= 0.6 is 0 Å². The number of rotatable bonds is 7. The van der Waals surface area contributed by atoms with E-state index in [1.54, 1.807) is 0 Å². The Morgan fingerprint density at radius 1 is 1.23 bits per heavy atom. The summed E-state index contributed by atoms with van der Waals surface area (Å²) in [7, 11) is 2.07. The number of nitriles is 1. The molecule has 0 radical (unpaired) electrons. The summed E-state index contributed by atoms with van der Waals surface area (Å²) in [6, 6.07) is 9.44. The summed E-state index contributed by atoms with van der Waals surface area (Å²) < 4.78 is 2.01. The maximum Gasteiger partial charge on any atom is 0.227 e. The van der Waals surface area contributed by atoms with Crippen LogP contribution in [0.5, 0.6) is 0 Å².